The summed E-state index contributed by atoms with van der Waals surface area (Å²) < 4.78 is 9.05. The van der Waals surface area contributed by atoms with Crippen molar-refractivity contribution in [1.29, 1.82) is 0 Å². The minimum Gasteiger partial charge on any atom is -0.469 e. The van der Waals surface area contributed by atoms with Crippen molar-refractivity contribution in [2.75, 3.05) is 14.2 Å². The van der Waals surface area contributed by atoms with Gasteiger partial charge in [0.05, 0.1) is 26.1 Å². The number of methoxy groups -OCH3 is 2. The van der Waals surface area contributed by atoms with Gasteiger partial charge < -0.3 is 9.47 Å². The second-order valence-corrected chi connectivity index (χ2v) is 3.02. The number of rotatable bonds is 3. The van der Waals surface area contributed by atoms with Crippen LogP contribution >= 0.6 is 0 Å². The third-order valence-electron chi connectivity index (χ3n) is 2.18. The van der Waals surface area contributed by atoms with Gasteiger partial charge in [0.15, 0.2) is 0 Å². The van der Waals surface area contributed by atoms with Crippen LogP contribution in [0, 0.1) is 5.41 Å². The summed E-state index contributed by atoms with van der Waals surface area (Å²) in [5, 5.41) is 0. The Hall–Kier alpha value is -1.06. The third kappa shape index (κ3) is 1.57. The third-order valence-corrected chi connectivity index (χ3v) is 2.18. The molecule has 0 aromatic heterocycles. The van der Waals surface area contributed by atoms with Gasteiger partial charge >= 0.3 is 11.9 Å². The Bertz CT molecular complexity index is 205. The van der Waals surface area contributed by atoms with Crippen LogP contribution in [0.2, 0.25) is 0 Å². The van der Waals surface area contributed by atoms with Gasteiger partial charge in [0.1, 0.15) is 0 Å². The predicted molar refractivity (Wildman–Crippen MR) is 40.3 cm³/mol. The summed E-state index contributed by atoms with van der Waals surface area (Å²) in [6, 6.07) is 0. The Balaban J connectivity index is 2.50. The van der Waals surface area contributed by atoms with Gasteiger partial charge in [-0.3, -0.25) is 9.59 Å². The van der Waals surface area contributed by atoms with E-state index >= 15 is 0 Å². The van der Waals surface area contributed by atoms with Crippen LogP contribution in [0.1, 0.15) is 19.3 Å². The second kappa shape index (κ2) is 3.13. The molecule has 1 aliphatic rings. The summed E-state index contributed by atoms with van der Waals surface area (Å²) in [5.41, 5.74) is -0.554. The fourth-order valence-electron chi connectivity index (χ4n) is 1.17. The predicted octanol–water partition coefficient (Wildman–Crippen LogP) is 0.503. The topological polar surface area (TPSA) is 52.6 Å². The van der Waals surface area contributed by atoms with Crippen molar-refractivity contribution in [3.05, 3.63) is 0 Å². The van der Waals surface area contributed by atoms with Crippen molar-refractivity contribution < 1.29 is 19.1 Å². The maximum absolute atomic E-state index is 11.1. The summed E-state index contributed by atoms with van der Waals surface area (Å²) in [7, 11) is 2.65. The second-order valence-electron chi connectivity index (χ2n) is 3.02. The largest absolute Gasteiger partial charge is 0.469 e. The molecule has 0 amide bonds. The molecule has 0 aliphatic heterocycles. The molecule has 0 radical (unpaired) electrons. The van der Waals surface area contributed by atoms with Crippen LogP contribution in [0.4, 0.5) is 0 Å². The Morgan fingerprint density at radius 1 is 1.25 bits per heavy atom. The van der Waals surface area contributed by atoms with Gasteiger partial charge in [-0.1, -0.05) is 0 Å². The van der Waals surface area contributed by atoms with Crippen LogP contribution in [0.25, 0.3) is 0 Å². The Labute approximate surface area is 70.8 Å². The summed E-state index contributed by atoms with van der Waals surface area (Å²) in [4.78, 5) is 22.0. The average molecular weight is 172 g/mol. The molecule has 0 aromatic rings. The van der Waals surface area contributed by atoms with Crippen molar-refractivity contribution in [2.45, 2.75) is 19.3 Å². The molecule has 1 aliphatic carbocycles. The van der Waals surface area contributed by atoms with Crippen molar-refractivity contribution in [1.82, 2.24) is 0 Å². The number of carbonyl (C=O) groups excluding carboxylic acids is 2. The van der Waals surface area contributed by atoms with Gasteiger partial charge in [-0.05, 0) is 12.8 Å². The fourth-order valence-corrected chi connectivity index (χ4v) is 1.17. The molecule has 0 heterocycles. The van der Waals surface area contributed by atoms with E-state index in [4.69, 9.17) is 0 Å². The molecule has 0 bridgehead atoms. The van der Waals surface area contributed by atoms with Crippen LogP contribution in [-0.4, -0.2) is 26.2 Å². The highest BCUT2D eigenvalue weighted by molar-refractivity contribution is 5.85. The van der Waals surface area contributed by atoms with Crippen molar-refractivity contribution in [2.24, 2.45) is 5.41 Å². The Morgan fingerprint density at radius 2 is 1.83 bits per heavy atom. The summed E-state index contributed by atoms with van der Waals surface area (Å²) in [6.07, 6.45) is 1.61. The first-order valence-corrected chi connectivity index (χ1v) is 3.80. The van der Waals surface area contributed by atoms with E-state index in [0.717, 1.165) is 12.8 Å². The van der Waals surface area contributed by atoms with E-state index in [1.807, 2.05) is 0 Å². The van der Waals surface area contributed by atoms with Gasteiger partial charge in [-0.25, -0.2) is 0 Å². The lowest BCUT2D eigenvalue weighted by atomic mass is 10.0. The number of hydrogen-bond donors (Lipinski definition) is 0. The van der Waals surface area contributed by atoms with Gasteiger partial charge in [0.2, 0.25) is 0 Å². The normalized spacial score (nSPS) is 18.2. The molecule has 0 spiro atoms. The minimum atomic E-state index is -0.554. The molecule has 68 valence electrons. The van der Waals surface area contributed by atoms with Gasteiger partial charge in [0, 0.05) is 0 Å². The van der Waals surface area contributed by atoms with E-state index in [9.17, 15) is 9.59 Å². The molecule has 0 atom stereocenters. The number of carbonyl (C=O) groups is 2. The maximum atomic E-state index is 11.1. The zero-order valence-electron chi connectivity index (χ0n) is 7.25. The average Bonchev–Trinajstić information content (AvgIpc) is 2.84. The smallest absolute Gasteiger partial charge is 0.312 e. The molecule has 0 aromatic carbocycles. The number of esters is 2. The molecule has 1 rings (SSSR count). The van der Waals surface area contributed by atoms with Crippen LogP contribution in [0.15, 0.2) is 0 Å². The summed E-state index contributed by atoms with van der Waals surface area (Å²) in [6.45, 7) is 0. The van der Waals surface area contributed by atoms with Crippen LogP contribution < -0.4 is 0 Å². The lowest BCUT2D eigenvalue weighted by Crippen LogP contribution is -2.21. The van der Waals surface area contributed by atoms with Crippen molar-refractivity contribution >= 4 is 11.9 Å². The van der Waals surface area contributed by atoms with Crippen molar-refractivity contribution in [3.63, 3.8) is 0 Å². The lowest BCUT2D eigenvalue weighted by Gasteiger charge is -2.09. The molecule has 0 N–H and O–H groups in total. The zero-order chi connectivity index (χ0) is 9.19. The molecule has 12 heavy (non-hydrogen) atoms. The summed E-state index contributed by atoms with van der Waals surface area (Å²) in [5.74, 6) is -0.647. The first-order chi connectivity index (χ1) is 5.64. The van der Waals surface area contributed by atoms with Gasteiger partial charge in [-0.2, -0.15) is 0 Å². The zero-order valence-corrected chi connectivity index (χ0v) is 7.25. The molecule has 4 heteroatoms. The maximum Gasteiger partial charge on any atom is 0.312 e. The lowest BCUT2D eigenvalue weighted by molar-refractivity contribution is -0.153. The van der Waals surface area contributed by atoms with E-state index in [0.29, 0.717) is 0 Å². The van der Waals surface area contributed by atoms with E-state index in [-0.39, 0.29) is 18.4 Å². The minimum absolute atomic E-state index is 0.149. The molecular formula is C8H12O4. The molecule has 1 fully saturated rings. The highest BCUT2D eigenvalue weighted by atomic mass is 16.5. The number of ether oxygens (including phenoxy) is 2. The Kier molecular flexibility index (Phi) is 2.35. The molecule has 0 unspecified atom stereocenters. The molecule has 1 saturated carbocycles. The monoisotopic (exact) mass is 172 g/mol. The van der Waals surface area contributed by atoms with E-state index < -0.39 is 5.41 Å². The Morgan fingerprint density at radius 3 is 2.17 bits per heavy atom. The van der Waals surface area contributed by atoms with Crippen LogP contribution in [0.5, 0.6) is 0 Å². The first kappa shape index (κ1) is 9.03. The van der Waals surface area contributed by atoms with Crippen molar-refractivity contribution in [3.8, 4) is 0 Å². The van der Waals surface area contributed by atoms with Gasteiger partial charge in [0.25, 0.3) is 0 Å². The van der Waals surface area contributed by atoms with Gasteiger partial charge in [-0.15, -0.1) is 0 Å². The molecule has 4 nitrogen and oxygen atoms in total. The number of hydrogen-bond acceptors (Lipinski definition) is 4. The standard InChI is InChI=1S/C8H12O4/c1-11-6(9)5-8(3-4-8)7(10)12-2/h3-5H2,1-2H3. The van der Waals surface area contributed by atoms with E-state index in [2.05, 4.69) is 9.47 Å². The highest BCUT2D eigenvalue weighted by Gasteiger charge is 2.52. The molecular weight excluding hydrogens is 160 g/mol. The summed E-state index contributed by atoms with van der Waals surface area (Å²) >= 11 is 0. The SMILES string of the molecule is COC(=O)CC1(C(=O)OC)CC1. The van der Waals surface area contributed by atoms with Crippen LogP contribution in [-0.2, 0) is 19.1 Å². The quantitative estimate of drug-likeness (QED) is 0.582. The van der Waals surface area contributed by atoms with E-state index in [1.165, 1.54) is 14.2 Å². The van der Waals surface area contributed by atoms with Crippen LogP contribution in [0.3, 0.4) is 0 Å². The molecule has 0 saturated heterocycles. The highest BCUT2D eigenvalue weighted by Crippen LogP contribution is 2.49. The van der Waals surface area contributed by atoms with E-state index in [1.54, 1.807) is 0 Å². The fraction of sp³-hybridized carbons (Fsp3) is 0.750. The first-order valence-electron chi connectivity index (χ1n) is 3.80.